The van der Waals surface area contributed by atoms with E-state index in [9.17, 15) is 9.59 Å². The van der Waals surface area contributed by atoms with Gasteiger partial charge in [0.15, 0.2) is 0 Å². The van der Waals surface area contributed by atoms with Crippen molar-refractivity contribution in [3.63, 3.8) is 0 Å². The Kier molecular flexibility index (Phi) is 5.09. The third-order valence-electron chi connectivity index (χ3n) is 3.88. The molecule has 0 atom stereocenters. The lowest BCUT2D eigenvalue weighted by Crippen LogP contribution is -2.38. The van der Waals surface area contributed by atoms with E-state index in [2.05, 4.69) is 10.4 Å². The number of hydrogen-bond acceptors (Lipinski definition) is 4. The summed E-state index contributed by atoms with van der Waals surface area (Å²) in [4.78, 5) is 24.5. The van der Waals surface area contributed by atoms with Crippen molar-refractivity contribution in [1.29, 1.82) is 0 Å². The second kappa shape index (κ2) is 7.61. The quantitative estimate of drug-likeness (QED) is 0.911. The number of hydrogen-bond donors (Lipinski definition) is 1. The van der Waals surface area contributed by atoms with Crippen LogP contribution in [0.1, 0.15) is 18.4 Å². The number of carbonyl (C=O) groups excluding carboxylic acids is 2. The van der Waals surface area contributed by atoms with Crippen molar-refractivity contribution in [1.82, 2.24) is 5.32 Å². The van der Waals surface area contributed by atoms with Crippen molar-refractivity contribution in [2.75, 3.05) is 12.1 Å². The fourth-order valence-electron chi connectivity index (χ4n) is 2.55. The maximum Gasteiger partial charge on any atom is 0.267 e. The van der Waals surface area contributed by atoms with E-state index >= 15 is 0 Å². The highest BCUT2D eigenvalue weighted by atomic mass is 16.5. The number of nitrogens with zero attached hydrogens (tertiary/aromatic N) is 2. The molecule has 0 aliphatic carbocycles. The van der Waals surface area contributed by atoms with Gasteiger partial charge in [0.2, 0.25) is 5.91 Å². The van der Waals surface area contributed by atoms with Crippen molar-refractivity contribution in [2.45, 2.75) is 19.4 Å². The van der Waals surface area contributed by atoms with Gasteiger partial charge in [-0.25, -0.2) is 5.01 Å². The van der Waals surface area contributed by atoms with Gasteiger partial charge >= 0.3 is 0 Å². The highest BCUT2D eigenvalue weighted by molar-refractivity contribution is 6.40. The molecular weight excluding hydrogens is 318 g/mol. The minimum Gasteiger partial charge on any atom is -0.497 e. The molecule has 0 unspecified atom stereocenters. The summed E-state index contributed by atoms with van der Waals surface area (Å²) < 4.78 is 5.17. The Morgan fingerprint density at radius 1 is 1.16 bits per heavy atom. The predicted molar refractivity (Wildman–Crippen MR) is 95.4 cm³/mol. The summed E-state index contributed by atoms with van der Waals surface area (Å²) in [5.41, 5.74) is 1.94. The fraction of sp³-hybridized carbons (Fsp3) is 0.211. The maximum atomic E-state index is 12.4. The Balaban J connectivity index is 1.69. The Morgan fingerprint density at radius 3 is 2.72 bits per heavy atom. The van der Waals surface area contributed by atoms with Gasteiger partial charge in [-0.1, -0.05) is 30.3 Å². The summed E-state index contributed by atoms with van der Waals surface area (Å²) >= 11 is 0. The van der Waals surface area contributed by atoms with Crippen molar-refractivity contribution >= 4 is 23.2 Å². The van der Waals surface area contributed by atoms with E-state index < -0.39 is 0 Å². The molecule has 1 heterocycles. The molecule has 1 N–H and O–H groups in total. The molecule has 0 saturated carbocycles. The van der Waals surface area contributed by atoms with E-state index in [-0.39, 0.29) is 18.2 Å². The number of amides is 2. The van der Waals surface area contributed by atoms with Gasteiger partial charge in [-0.05, 0) is 29.8 Å². The number of rotatable bonds is 5. The first-order valence-corrected chi connectivity index (χ1v) is 8.04. The number of para-hydroxylation sites is 1. The lowest BCUT2D eigenvalue weighted by atomic mass is 10.1. The van der Waals surface area contributed by atoms with Gasteiger partial charge in [-0.15, -0.1) is 0 Å². The molecule has 0 aromatic heterocycles. The lowest BCUT2D eigenvalue weighted by Gasteiger charge is -2.23. The van der Waals surface area contributed by atoms with Crippen LogP contribution in [0, 0.1) is 0 Å². The number of anilines is 1. The second-order valence-electron chi connectivity index (χ2n) is 5.62. The van der Waals surface area contributed by atoms with Crippen LogP contribution in [-0.4, -0.2) is 24.6 Å². The molecule has 6 nitrogen and oxygen atoms in total. The van der Waals surface area contributed by atoms with Crippen LogP contribution in [0.2, 0.25) is 0 Å². The van der Waals surface area contributed by atoms with E-state index in [1.807, 2.05) is 42.5 Å². The molecule has 0 fully saturated rings. The standard InChI is InChI=1S/C19H19N3O3/c1-25-16-9-5-6-14(12-16)13-20-19(24)17-10-11-18(23)22(21-17)15-7-3-2-4-8-15/h2-9,12H,10-11,13H2,1H3,(H,20,24). The highest BCUT2D eigenvalue weighted by Gasteiger charge is 2.25. The van der Waals surface area contributed by atoms with Gasteiger partial charge in [0.05, 0.1) is 12.8 Å². The first-order valence-electron chi connectivity index (χ1n) is 8.04. The van der Waals surface area contributed by atoms with Crippen LogP contribution in [0.15, 0.2) is 59.7 Å². The Labute approximate surface area is 146 Å². The Morgan fingerprint density at radius 2 is 1.96 bits per heavy atom. The zero-order valence-electron chi connectivity index (χ0n) is 13.9. The summed E-state index contributed by atoms with van der Waals surface area (Å²) in [6, 6.07) is 16.6. The van der Waals surface area contributed by atoms with Crippen LogP contribution in [0.5, 0.6) is 5.75 Å². The van der Waals surface area contributed by atoms with Crippen LogP contribution in [0.4, 0.5) is 5.69 Å². The van der Waals surface area contributed by atoms with Crippen LogP contribution in [0.3, 0.4) is 0 Å². The molecule has 0 saturated heterocycles. The number of benzene rings is 2. The third-order valence-corrected chi connectivity index (χ3v) is 3.88. The average molecular weight is 337 g/mol. The van der Waals surface area contributed by atoms with Crippen LogP contribution in [-0.2, 0) is 16.1 Å². The molecule has 1 aliphatic rings. The lowest BCUT2D eigenvalue weighted by molar-refractivity contribution is -0.119. The zero-order chi connectivity index (χ0) is 17.6. The normalized spacial score (nSPS) is 14.0. The Hall–Kier alpha value is -3.15. The molecule has 3 rings (SSSR count). The van der Waals surface area contributed by atoms with Gasteiger partial charge in [0.25, 0.3) is 5.91 Å². The van der Waals surface area contributed by atoms with Crippen LogP contribution < -0.4 is 15.1 Å². The molecular formula is C19H19N3O3. The van der Waals surface area contributed by atoms with Gasteiger partial charge < -0.3 is 10.1 Å². The van der Waals surface area contributed by atoms with Gasteiger partial charge in [-0.3, -0.25) is 9.59 Å². The maximum absolute atomic E-state index is 12.4. The monoisotopic (exact) mass is 337 g/mol. The summed E-state index contributed by atoms with van der Waals surface area (Å²) in [5.74, 6) is 0.356. The number of nitrogens with one attached hydrogen (secondary N) is 1. The summed E-state index contributed by atoms with van der Waals surface area (Å²) in [5, 5.41) is 8.38. The molecule has 2 amide bonds. The first-order chi connectivity index (χ1) is 12.2. The molecule has 0 radical (unpaired) electrons. The van der Waals surface area contributed by atoms with Crippen molar-refractivity contribution in [2.24, 2.45) is 5.10 Å². The van der Waals surface area contributed by atoms with Crippen molar-refractivity contribution < 1.29 is 14.3 Å². The molecule has 1 aliphatic heterocycles. The van der Waals surface area contributed by atoms with E-state index in [1.54, 1.807) is 19.2 Å². The van der Waals surface area contributed by atoms with Crippen LogP contribution in [0.25, 0.3) is 0 Å². The number of methoxy groups -OCH3 is 1. The van der Waals surface area contributed by atoms with E-state index in [4.69, 9.17) is 4.74 Å². The molecule has 128 valence electrons. The van der Waals surface area contributed by atoms with E-state index in [1.165, 1.54) is 5.01 Å². The van der Waals surface area contributed by atoms with E-state index in [0.29, 0.717) is 24.4 Å². The SMILES string of the molecule is COc1cccc(CNC(=O)C2=NN(c3ccccc3)C(=O)CC2)c1. The predicted octanol–water partition coefficient (Wildman–Crippen LogP) is 2.49. The third kappa shape index (κ3) is 4.03. The van der Waals surface area contributed by atoms with E-state index in [0.717, 1.165) is 11.3 Å². The van der Waals surface area contributed by atoms with Crippen molar-refractivity contribution in [3.8, 4) is 5.75 Å². The Bertz CT molecular complexity index is 803. The molecule has 2 aromatic rings. The second-order valence-corrected chi connectivity index (χ2v) is 5.62. The number of carbonyl (C=O) groups is 2. The average Bonchev–Trinajstić information content (AvgIpc) is 2.67. The topological polar surface area (TPSA) is 71.0 Å². The number of hydrazone groups is 1. The molecule has 2 aromatic carbocycles. The fourth-order valence-corrected chi connectivity index (χ4v) is 2.55. The molecule has 0 bridgehead atoms. The molecule has 6 heteroatoms. The number of ether oxygens (including phenoxy) is 1. The van der Waals surface area contributed by atoms with Gasteiger partial charge in [0, 0.05) is 19.4 Å². The smallest absolute Gasteiger partial charge is 0.267 e. The summed E-state index contributed by atoms with van der Waals surface area (Å²) in [6.45, 7) is 0.369. The van der Waals surface area contributed by atoms with Crippen molar-refractivity contribution in [3.05, 3.63) is 60.2 Å². The minimum atomic E-state index is -0.267. The molecule has 0 spiro atoms. The highest BCUT2D eigenvalue weighted by Crippen LogP contribution is 2.19. The van der Waals surface area contributed by atoms with Gasteiger partial charge in [-0.2, -0.15) is 5.10 Å². The molecule has 25 heavy (non-hydrogen) atoms. The largest absolute Gasteiger partial charge is 0.497 e. The summed E-state index contributed by atoms with van der Waals surface area (Å²) in [6.07, 6.45) is 0.604. The zero-order valence-corrected chi connectivity index (χ0v) is 13.9. The minimum absolute atomic E-state index is 0.115. The first kappa shape index (κ1) is 16.7. The van der Waals surface area contributed by atoms with Gasteiger partial charge in [0.1, 0.15) is 11.5 Å². The van der Waals surface area contributed by atoms with Crippen LogP contribution >= 0.6 is 0 Å². The summed E-state index contributed by atoms with van der Waals surface area (Å²) in [7, 11) is 1.60.